The van der Waals surface area contributed by atoms with Gasteiger partial charge in [0.05, 0.1) is 6.42 Å². The maximum atomic E-state index is 10.9. The molecule has 1 saturated heterocycles. The van der Waals surface area contributed by atoms with Crippen molar-refractivity contribution in [3.63, 3.8) is 0 Å². The lowest BCUT2D eigenvalue weighted by Crippen LogP contribution is -2.19. The second kappa shape index (κ2) is 6.86. The summed E-state index contributed by atoms with van der Waals surface area (Å²) in [4.78, 5) is 13.2. The summed E-state index contributed by atoms with van der Waals surface area (Å²) in [6.07, 6.45) is 3.45. The van der Waals surface area contributed by atoms with Crippen LogP contribution in [0.1, 0.15) is 48.8 Å². The van der Waals surface area contributed by atoms with Gasteiger partial charge in [0.15, 0.2) is 0 Å². The highest BCUT2D eigenvalue weighted by Crippen LogP contribution is 2.32. The first-order valence-corrected chi connectivity index (χ1v) is 7.32. The van der Waals surface area contributed by atoms with Crippen molar-refractivity contribution in [2.45, 2.75) is 37.6 Å². The molecule has 0 spiro atoms. The Morgan fingerprint density at radius 1 is 1.40 bits per heavy atom. The Kier molecular flexibility index (Phi) is 5.15. The number of carboxylic acid groups (broad SMARTS) is 1. The van der Waals surface area contributed by atoms with Gasteiger partial charge in [0.2, 0.25) is 0 Å². The lowest BCUT2D eigenvalue weighted by Gasteiger charge is -2.21. The number of aliphatic carboxylic acids is 1. The molecule has 1 aliphatic heterocycles. The van der Waals surface area contributed by atoms with Crippen molar-refractivity contribution >= 4 is 5.97 Å². The number of hydrogen-bond donors (Lipinski definition) is 2. The van der Waals surface area contributed by atoms with Gasteiger partial charge in [-0.15, -0.1) is 0 Å². The molecule has 110 valence electrons. The first-order chi connectivity index (χ1) is 9.58. The van der Waals surface area contributed by atoms with Gasteiger partial charge in [-0.2, -0.15) is 0 Å². The van der Waals surface area contributed by atoms with Crippen molar-refractivity contribution in [2.75, 3.05) is 20.1 Å². The summed E-state index contributed by atoms with van der Waals surface area (Å²) in [6, 6.07) is 7.67. The summed E-state index contributed by atoms with van der Waals surface area (Å²) < 4.78 is 0. The number of nitrogens with two attached hydrogens (primary N) is 1. The number of benzene rings is 1. The Bertz CT molecular complexity index is 462. The molecule has 0 aliphatic carbocycles. The van der Waals surface area contributed by atoms with Crippen LogP contribution in [-0.2, 0) is 4.79 Å². The quantitative estimate of drug-likeness (QED) is 0.886. The summed E-state index contributed by atoms with van der Waals surface area (Å²) >= 11 is 0. The predicted molar refractivity (Wildman–Crippen MR) is 79.7 cm³/mol. The van der Waals surface area contributed by atoms with Crippen LogP contribution >= 0.6 is 0 Å². The number of hydrogen-bond acceptors (Lipinski definition) is 3. The average Bonchev–Trinajstić information content (AvgIpc) is 2.63. The molecule has 1 aromatic rings. The largest absolute Gasteiger partial charge is 0.481 e. The number of rotatable bonds is 4. The zero-order valence-electron chi connectivity index (χ0n) is 12.1. The molecular formula is C16H24N2O2. The second-order valence-corrected chi connectivity index (χ2v) is 5.76. The third-order valence-electron chi connectivity index (χ3n) is 4.18. The second-order valence-electron chi connectivity index (χ2n) is 5.76. The van der Waals surface area contributed by atoms with Crippen molar-refractivity contribution < 1.29 is 9.90 Å². The standard InChI is InChI=1S/C16H24N2O2/c1-18-9-4-5-12(8-10-18)13-6-2-3-7-14(13)15(17)11-16(19)20/h2-3,6-7,12,15H,4-5,8-11,17H2,1H3,(H,19,20). The molecule has 1 aromatic carbocycles. The molecule has 0 bridgehead atoms. The zero-order chi connectivity index (χ0) is 14.5. The van der Waals surface area contributed by atoms with Gasteiger partial charge in [-0.3, -0.25) is 4.79 Å². The van der Waals surface area contributed by atoms with Crippen molar-refractivity contribution in [1.29, 1.82) is 0 Å². The third-order valence-corrected chi connectivity index (χ3v) is 4.18. The molecule has 2 atom stereocenters. The highest BCUT2D eigenvalue weighted by atomic mass is 16.4. The van der Waals surface area contributed by atoms with Crippen LogP contribution in [0.2, 0.25) is 0 Å². The smallest absolute Gasteiger partial charge is 0.305 e. The third kappa shape index (κ3) is 3.81. The molecule has 1 aliphatic rings. The number of likely N-dealkylation sites (tertiary alicyclic amines) is 1. The summed E-state index contributed by atoms with van der Waals surface area (Å²) in [5.41, 5.74) is 8.33. The lowest BCUT2D eigenvalue weighted by molar-refractivity contribution is -0.137. The molecule has 1 fully saturated rings. The molecule has 2 rings (SSSR count). The van der Waals surface area contributed by atoms with Gasteiger partial charge in [0, 0.05) is 6.04 Å². The first kappa shape index (κ1) is 15.0. The molecule has 0 radical (unpaired) electrons. The van der Waals surface area contributed by atoms with Gasteiger partial charge >= 0.3 is 5.97 Å². The Labute approximate surface area is 120 Å². The van der Waals surface area contributed by atoms with E-state index < -0.39 is 12.0 Å². The Balaban J connectivity index is 2.20. The van der Waals surface area contributed by atoms with E-state index in [2.05, 4.69) is 18.0 Å². The normalized spacial score (nSPS) is 22.2. The topological polar surface area (TPSA) is 66.6 Å². The summed E-state index contributed by atoms with van der Waals surface area (Å²) in [7, 11) is 2.16. The van der Waals surface area contributed by atoms with E-state index in [0.717, 1.165) is 31.5 Å². The summed E-state index contributed by atoms with van der Waals surface area (Å²) in [5, 5.41) is 8.94. The van der Waals surface area contributed by atoms with E-state index in [-0.39, 0.29) is 6.42 Å². The predicted octanol–water partition coefficient (Wildman–Crippen LogP) is 2.36. The summed E-state index contributed by atoms with van der Waals surface area (Å²) in [6.45, 7) is 2.23. The molecule has 0 saturated carbocycles. The molecule has 2 unspecified atom stereocenters. The van der Waals surface area contributed by atoms with Crippen LogP contribution in [0, 0.1) is 0 Å². The van der Waals surface area contributed by atoms with Crippen LogP contribution in [-0.4, -0.2) is 36.1 Å². The van der Waals surface area contributed by atoms with Crippen molar-refractivity contribution in [1.82, 2.24) is 4.90 Å². The molecule has 20 heavy (non-hydrogen) atoms. The van der Waals surface area contributed by atoms with E-state index in [1.54, 1.807) is 0 Å². The van der Waals surface area contributed by atoms with E-state index in [0.29, 0.717) is 5.92 Å². The van der Waals surface area contributed by atoms with Gasteiger partial charge in [0.1, 0.15) is 0 Å². The van der Waals surface area contributed by atoms with Crippen LogP contribution in [0.15, 0.2) is 24.3 Å². The SMILES string of the molecule is CN1CCCC(c2ccccc2C(N)CC(=O)O)CC1. The highest BCUT2D eigenvalue weighted by molar-refractivity contribution is 5.68. The summed E-state index contributed by atoms with van der Waals surface area (Å²) in [5.74, 6) is -0.344. The number of carbonyl (C=O) groups is 1. The monoisotopic (exact) mass is 276 g/mol. The van der Waals surface area contributed by atoms with Crippen molar-refractivity contribution in [3.05, 3.63) is 35.4 Å². The fraction of sp³-hybridized carbons (Fsp3) is 0.562. The van der Waals surface area contributed by atoms with Gasteiger partial charge < -0.3 is 15.7 Å². The fourth-order valence-corrected chi connectivity index (χ4v) is 3.07. The molecule has 0 amide bonds. The average molecular weight is 276 g/mol. The molecule has 3 N–H and O–H groups in total. The molecule has 4 heteroatoms. The van der Waals surface area contributed by atoms with E-state index in [1.165, 1.54) is 12.0 Å². The Morgan fingerprint density at radius 2 is 2.15 bits per heavy atom. The highest BCUT2D eigenvalue weighted by Gasteiger charge is 2.22. The minimum atomic E-state index is -0.840. The molecular weight excluding hydrogens is 252 g/mol. The first-order valence-electron chi connectivity index (χ1n) is 7.32. The molecule has 4 nitrogen and oxygen atoms in total. The van der Waals surface area contributed by atoms with Crippen molar-refractivity contribution in [3.8, 4) is 0 Å². The van der Waals surface area contributed by atoms with Crippen molar-refractivity contribution in [2.24, 2.45) is 5.73 Å². The van der Waals surface area contributed by atoms with Gasteiger partial charge in [0.25, 0.3) is 0 Å². The van der Waals surface area contributed by atoms with Gasteiger partial charge in [-0.05, 0) is 56.4 Å². The van der Waals surface area contributed by atoms with E-state index in [9.17, 15) is 4.79 Å². The van der Waals surface area contributed by atoms with Crippen LogP contribution in [0.4, 0.5) is 0 Å². The minimum absolute atomic E-state index is 0.0103. The van der Waals surface area contributed by atoms with E-state index >= 15 is 0 Å². The van der Waals surface area contributed by atoms with E-state index in [1.807, 2.05) is 18.2 Å². The zero-order valence-corrected chi connectivity index (χ0v) is 12.1. The fourth-order valence-electron chi connectivity index (χ4n) is 3.07. The van der Waals surface area contributed by atoms with E-state index in [4.69, 9.17) is 10.8 Å². The van der Waals surface area contributed by atoms with Crippen LogP contribution in [0.3, 0.4) is 0 Å². The van der Waals surface area contributed by atoms with Crippen LogP contribution in [0.5, 0.6) is 0 Å². The molecule has 0 aromatic heterocycles. The maximum absolute atomic E-state index is 10.9. The lowest BCUT2D eigenvalue weighted by atomic mass is 9.86. The Hall–Kier alpha value is -1.39. The maximum Gasteiger partial charge on any atom is 0.305 e. The molecule has 1 heterocycles. The van der Waals surface area contributed by atoms with Gasteiger partial charge in [-0.25, -0.2) is 0 Å². The number of nitrogens with zero attached hydrogens (tertiary/aromatic N) is 1. The van der Waals surface area contributed by atoms with Gasteiger partial charge in [-0.1, -0.05) is 24.3 Å². The number of carboxylic acids is 1. The van der Waals surface area contributed by atoms with Crippen LogP contribution < -0.4 is 5.73 Å². The van der Waals surface area contributed by atoms with Crippen LogP contribution in [0.25, 0.3) is 0 Å². The Morgan fingerprint density at radius 3 is 2.90 bits per heavy atom. The minimum Gasteiger partial charge on any atom is -0.481 e.